The molecular formula is C15H14BrFN2O. The molecule has 0 saturated heterocycles. The van der Waals surface area contributed by atoms with E-state index in [9.17, 15) is 9.18 Å². The summed E-state index contributed by atoms with van der Waals surface area (Å²) in [4.78, 5) is 11.1. The fourth-order valence-corrected chi connectivity index (χ4v) is 2.22. The molecule has 104 valence electrons. The van der Waals surface area contributed by atoms with Gasteiger partial charge in [0.1, 0.15) is 5.82 Å². The fourth-order valence-electron chi connectivity index (χ4n) is 1.85. The van der Waals surface area contributed by atoms with Gasteiger partial charge < -0.3 is 11.1 Å². The van der Waals surface area contributed by atoms with E-state index < -0.39 is 5.91 Å². The molecule has 0 unspecified atom stereocenters. The molecule has 0 aliphatic heterocycles. The van der Waals surface area contributed by atoms with Crippen molar-refractivity contribution >= 4 is 27.5 Å². The second-order valence-electron chi connectivity index (χ2n) is 4.44. The predicted molar refractivity (Wildman–Crippen MR) is 81.1 cm³/mol. The van der Waals surface area contributed by atoms with Crippen LogP contribution in [0.25, 0.3) is 0 Å². The standard InChI is InChI=1S/C15H14BrFN2O/c1-9-12(16)3-2-4-14(9)19-8-11-7-10(15(18)20)5-6-13(11)17/h2-7,19H,8H2,1H3,(H2,18,20). The zero-order valence-electron chi connectivity index (χ0n) is 10.9. The van der Waals surface area contributed by atoms with Gasteiger partial charge in [0.25, 0.3) is 0 Å². The number of nitrogens with one attached hydrogen (secondary N) is 1. The third-order valence-corrected chi connectivity index (χ3v) is 3.93. The van der Waals surface area contributed by atoms with Gasteiger partial charge >= 0.3 is 0 Å². The van der Waals surface area contributed by atoms with E-state index in [0.717, 1.165) is 15.7 Å². The van der Waals surface area contributed by atoms with Gasteiger partial charge in [0, 0.05) is 27.8 Å². The molecule has 0 heterocycles. The number of nitrogens with two attached hydrogens (primary N) is 1. The monoisotopic (exact) mass is 336 g/mol. The van der Waals surface area contributed by atoms with E-state index in [4.69, 9.17) is 5.73 Å². The SMILES string of the molecule is Cc1c(Br)cccc1NCc1cc(C(N)=O)ccc1F. The maximum Gasteiger partial charge on any atom is 0.248 e. The minimum Gasteiger partial charge on any atom is -0.381 e. The summed E-state index contributed by atoms with van der Waals surface area (Å²) in [6.45, 7) is 2.24. The smallest absolute Gasteiger partial charge is 0.248 e. The summed E-state index contributed by atoms with van der Waals surface area (Å²) in [5.41, 5.74) is 7.85. The number of hydrogen-bond acceptors (Lipinski definition) is 2. The average Bonchev–Trinajstić information content (AvgIpc) is 2.41. The van der Waals surface area contributed by atoms with Crippen molar-refractivity contribution in [1.82, 2.24) is 0 Å². The molecule has 0 spiro atoms. The molecule has 0 aliphatic carbocycles. The Bertz CT molecular complexity index is 658. The zero-order valence-corrected chi connectivity index (χ0v) is 12.5. The van der Waals surface area contributed by atoms with E-state index in [2.05, 4.69) is 21.2 Å². The van der Waals surface area contributed by atoms with Crippen molar-refractivity contribution in [2.24, 2.45) is 5.73 Å². The largest absolute Gasteiger partial charge is 0.381 e. The van der Waals surface area contributed by atoms with Crippen LogP contribution in [-0.4, -0.2) is 5.91 Å². The molecule has 5 heteroatoms. The fraction of sp³-hybridized carbons (Fsp3) is 0.133. The minimum absolute atomic E-state index is 0.282. The number of halogens is 2. The Labute approximate surface area is 125 Å². The molecule has 0 atom stereocenters. The second-order valence-corrected chi connectivity index (χ2v) is 5.29. The molecule has 0 saturated carbocycles. The molecular weight excluding hydrogens is 323 g/mol. The Morgan fingerprint density at radius 1 is 1.35 bits per heavy atom. The van der Waals surface area contributed by atoms with E-state index in [1.165, 1.54) is 18.2 Å². The summed E-state index contributed by atoms with van der Waals surface area (Å²) >= 11 is 3.44. The minimum atomic E-state index is -0.565. The van der Waals surface area contributed by atoms with Crippen LogP contribution in [0.1, 0.15) is 21.5 Å². The number of anilines is 1. The lowest BCUT2D eigenvalue weighted by Crippen LogP contribution is -2.12. The van der Waals surface area contributed by atoms with Gasteiger partial charge in [-0.3, -0.25) is 4.79 Å². The van der Waals surface area contributed by atoms with E-state index in [0.29, 0.717) is 11.1 Å². The molecule has 2 rings (SSSR count). The Balaban J connectivity index is 2.20. The number of carbonyl (C=O) groups excluding carboxylic acids is 1. The molecule has 2 aromatic carbocycles. The van der Waals surface area contributed by atoms with E-state index >= 15 is 0 Å². The van der Waals surface area contributed by atoms with Crippen molar-refractivity contribution in [1.29, 1.82) is 0 Å². The zero-order chi connectivity index (χ0) is 14.7. The van der Waals surface area contributed by atoms with Gasteiger partial charge in [-0.25, -0.2) is 4.39 Å². The maximum atomic E-state index is 13.7. The highest BCUT2D eigenvalue weighted by molar-refractivity contribution is 9.10. The predicted octanol–water partition coefficient (Wildman–Crippen LogP) is 3.61. The van der Waals surface area contributed by atoms with E-state index in [1.54, 1.807) is 0 Å². The lowest BCUT2D eigenvalue weighted by molar-refractivity contribution is 0.1000. The third-order valence-electron chi connectivity index (χ3n) is 3.07. The van der Waals surface area contributed by atoms with Crippen molar-refractivity contribution < 1.29 is 9.18 Å². The first-order chi connectivity index (χ1) is 9.49. The van der Waals surface area contributed by atoms with Crippen molar-refractivity contribution in [3.63, 3.8) is 0 Å². The van der Waals surface area contributed by atoms with Crippen LogP contribution in [0.5, 0.6) is 0 Å². The molecule has 0 aliphatic rings. The average molecular weight is 337 g/mol. The van der Waals surface area contributed by atoms with Gasteiger partial charge in [0.05, 0.1) is 0 Å². The Morgan fingerprint density at radius 3 is 2.80 bits per heavy atom. The van der Waals surface area contributed by atoms with Crippen molar-refractivity contribution in [3.8, 4) is 0 Å². The van der Waals surface area contributed by atoms with E-state index in [1.807, 2.05) is 25.1 Å². The first kappa shape index (κ1) is 14.5. The molecule has 0 bridgehead atoms. The van der Waals surface area contributed by atoms with Gasteiger partial charge in [-0.15, -0.1) is 0 Å². The van der Waals surface area contributed by atoms with Crippen LogP contribution in [0.3, 0.4) is 0 Å². The first-order valence-corrected chi connectivity index (χ1v) is 6.85. The van der Waals surface area contributed by atoms with Crippen LogP contribution < -0.4 is 11.1 Å². The van der Waals surface area contributed by atoms with Gasteiger partial charge in [-0.1, -0.05) is 22.0 Å². The maximum absolute atomic E-state index is 13.7. The van der Waals surface area contributed by atoms with Crippen LogP contribution in [0.2, 0.25) is 0 Å². The topological polar surface area (TPSA) is 55.1 Å². The van der Waals surface area contributed by atoms with Crippen LogP contribution in [-0.2, 0) is 6.54 Å². The molecule has 20 heavy (non-hydrogen) atoms. The second kappa shape index (κ2) is 6.05. The number of carbonyl (C=O) groups is 1. The molecule has 3 nitrogen and oxygen atoms in total. The molecule has 0 aromatic heterocycles. The highest BCUT2D eigenvalue weighted by atomic mass is 79.9. The van der Waals surface area contributed by atoms with E-state index in [-0.39, 0.29) is 12.4 Å². The normalized spacial score (nSPS) is 10.3. The number of amides is 1. The van der Waals surface area contributed by atoms with Crippen molar-refractivity contribution in [3.05, 3.63) is 63.4 Å². The lowest BCUT2D eigenvalue weighted by atomic mass is 10.1. The number of benzene rings is 2. The molecule has 3 N–H and O–H groups in total. The Kier molecular flexibility index (Phi) is 4.39. The van der Waals surface area contributed by atoms with Crippen LogP contribution >= 0.6 is 15.9 Å². The van der Waals surface area contributed by atoms with Crippen molar-refractivity contribution in [2.45, 2.75) is 13.5 Å². The lowest BCUT2D eigenvalue weighted by Gasteiger charge is -2.12. The Morgan fingerprint density at radius 2 is 2.10 bits per heavy atom. The van der Waals surface area contributed by atoms with Gasteiger partial charge in [-0.05, 0) is 42.8 Å². The highest BCUT2D eigenvalue weighted by Crippen LogP contribution is 2.24. The Hall–Kier alpha value is -1.88. The van der Waals surface area contributed by atoms with Gasteiger partial charge in [-0.2, -0.15) is 0 Å². The summed E-state index contributed by atoms with van der Waals surface area (Å²) in [5.74, 6) is -0.931. The van der Waals surface area contributed by atoms with Crippen LogP contribution in [0, 0.1) is 12.7 Å². The van der Waals surface area contributed by atoms with Gasteiger partial charge in [0.2, 0.25) is 5.91 Å². The summed E-state index contributed by atoms with van der Waals surface area (Å²) in [6, 6.07) is 9.86. The first-order valence-electron chi connectivity index (χ1n) is 6.06. The number of rotatable bonds is 4. The number of primary amides is 1. The molecule has 1 amide bonds. The number of hydrogen-bond donors (Lipinski definition) is 2. The quantitative estimate of drug-likeness (QED) is 0.896. The summed E-state index contributed by atoms with van der Waals surface area (Å²) < 4.78 is 14.7. The van der Waals surface area contributed by atoms with Crippen LogP contribution in [0.4, 0.5) is 10.1 Å². The summed E-state index contributed by atoms with van der Waals surface area (Å²) in [7, 11) is 0. The third kappa shape index (κ3) is 3.17. The van der Waals surface area contributed by atoms with Crippen molar-refractivity contribution in [2.75, 3.05) is 5.32 Å². The molecule has 0 radical (unpaired) electrons. The summed E-state index contributed by atoms with van der Waals surface area (Å²) in [5, 5.41) is 3.15. The van der Waals surface area contributed by atoms with Gasteiger partial charge in [0.15, 0.2) is 0 Å². The van der Waals surface area contributed by atoms with Crippen LogP contribution in [0.15, 0.2) is 40.9 Å². The molecule has 0 fully saturated rings. The molecule has 2 aromatic rings. The highest BCUT2D eigenvalue weighted by Gasteiger charge is 2.08. The summed E-state index contributed by atoms with van der Waals surface area (Å²) in [6.07, 6.45) is 0.